The molecule has 0 aliphatic rings. The summed E-state index contributed by atoms with van der Waals surface area (Å²) >= 11 is 0. The topological polar surface area (TPSA) is 67.1 Å². The van der Waals surface area contributed by atoms with Gasteiger partial charge in [0.1, 0.15) is 0 Å². The predicted molar refractivity (Wildman–Crippen MR) is 86.4 cm³/mol. The van der Waals surface area contributed by atoms with Crippen LogP contribution in [0.2, 0.25) is 0 Å². The largest absolute Gasteiger partial charge is 0.320 e. The fraction of sp³-hybridized carbons (Fsp3) is 0.222. The Hall–Kier alpha value is -2.82. The van der Waals surface area contributed by atoms with Crippen LogP contribution in [0.25, 0.3) is 0 Å². The van der Waals surface area contributed by atoms with Gasteiger partial charge in [-0.3, -0.25) is 14.4 Å². The molecule has 0 bridgehead atoms. The molecule has 0 unspecified atom stereocenters. The van der Waals surface area contributed by atoms with E-state index in [-0.39, 0.29) is 17.5 Å². The first-order valence-corrected chi connectivity index (χ1v) is 7.32. The van der Waals surface area contributed by atoms with Crippen molar-refractivity contribution >= 4 is 23.2 Å². The van der Waals surface area contributed by atoms with Crippen LogP contribution in [-0.4, -0.2) is 17.5 Å². The van der Waals surface area contributed by atoms with E-state index < -0.39 is 6.04 Å². The SMILES string of the molecule is CC(=O)c1ccc(NC(=O)[C@H](C)[n+]2cccc(C(C)=O)c2)cc1. The number of nitrogens with one attached hydrogen (secondary N) is 1. The summed E-state index contributed by atoms with van der Waals surface area (Å²) in [6, 6.07) is 9.71. The molecule has 0 saturated heterocycles. The lowest BCUT2D eigenvalue weighted by Crippen LogP contribution is -2.44. The van der Waals surface area contributed by atoms with Gasteiger partial charge in [0, 0.05) is 24.2 Å². The summed E-state index contributed by atoms with van der Waals surface area (Å²) in [5, 5.41) is 2.80. The van der Waals surface area contributed by atoms with E-state index in [0.29, 0.717) is 16.8 Å². The van der Waals surface area contributed by atoms with E-state index in [1.54, 1.807) is 60.3 Å². The minimum atomic E-state index is -0.471. The molecule has 0 aliphatic heterocycles. The van der Waals surface area contributed by atoms with E-state index >= 15 is 0 Å². The zero-order chi connectivity index (χ0) is 17.0. The third-order valence-electron chi connectivity index (χ3n) is 3.61. The first-order chi connectivity index (χ1) is 10.9. The zero-order valence-corrected chi connectivity index (χ0v) is 13.4. The molecule has 0 saturated carbocycles. The van der Waals surface area contributed by atoms with E-state index in [1.165, 1.54) is 13.8 Å². The molecule has 1 N–H and O–H groups in total. The van der Waals surface area contributed by atoms with E-state index in [2.05, 4.69) is 5.32 Å². The van der Waals surface area contributed by atoms with Crippen molar-refractivity contribution in [2.45, 2.75) is 26.8 Å². The molecule has 1 heterocycles. The average molecular weight is 311 g/mol. The van der Waals surface area contributed by atoms with Crippen LogP contribution in [0.1, 0.15) is 47.5 Å². The molecular formula is C18H19N2O3+. The predicted octanol–water partition coefficient (Wildman–Crippen LogP) is 2.58. The monoisotopic (exact) mass is 311 g/mol. The Kier molecular flexibility index (Phi) is 5.01. The van der Waals surface area contributed by atoms with Gasteiger partial charge in [-0.25, -0.2) is 0 Å². The Bertz CT molecular complexity index is 751. The summed E-state index contributed by atoms with van der Waals surface area (Å²) in [4.78, 5) is 35.0. The van der Waals surface area contributed by atoms with Gasteiger partial charge in [0.25, 0.3) is 5.91 Å². The van der Waals surface area contributed by atoms with Crippen molar-refractivity contribution in [3.63, 3.8) is 0 Å². The normalized spacial score (nSPS) is 11.6. The Balaban J connectivity index is 2.12. The summed E-state index contributed by atoms with van der Waals surface area (Å²) < 4.78 is 1.69. The number of hydrogen-bond donors (Lipinski definition) is 1. The third kappa shape index (κ3) is 4.10. The molecular weight excluding hydrogens is 292 g/mol. The van der Waals surface area contributed by atoms with Gasteiger partial charge < -0.3 is 5.32 Å². The van der Waals surface area contributed by atoms with Crippen LogP contribution < -0.4 is 9.88 Å². The number of rotatable bonds is 5. The lowest BCUT2D eigenvalue weighted by atomic mass is 10.1. The van der Waals surface area contributed by atoms with Crippen molar-refractivity contribution in [3.05, 3.63) is 59.9 Å². The Labute approximate surface area is 135 Å². The van der Waals surface area contributed by atoms with Crippen LogP contribution in [0.3, 0.4) is 0 Å². The summed E-state index contributed by atoms with van der Waals surface area (Å²) in [5.74, 6) is -0.272. The number of aromatic nitrogens is 1. The van der Waals surface area contributed by atoms with Gasteiger partial charge in [-0.15, -0.1) is 0 Å². The van der Waals surface area contributed by atoms with Crippen LogP contribution in [0.5, 0.6) is 0 Å². The number of hydrogen-bond acceptors (Lipinski definition) is 3. The molecule has 0 fully saturated rings. The summed E-state index contributed by atoms with van der Waals surface area (Å²) in [6.45, 7) is 4.73. The number of amides is 1. The van der Waals surface area contributed by atoms with Crippen molar-refractivity contribution in [2.75, 3.05) is 5.32 Å². The maximum Gasteiger partial charge on any atom is 0.293 e. The standard InChI is InChI=1S/C18H18N2O3/c1-12(20-10-4-5-16(11-20)14(3)22)18(23)19-17-8-6-15(7-9-17)13(2)21/h4-12H,1-3H3/p+1/t12-/m0/s1. The second-order valence-electron chi connectivity index (χ2n) is 5.39. The van der Waals surface area contributed by atoms with E-state index in [0.717, 1.165) is 0 Å². The van der Waals surface area contributed by atoms with Crippen molar-refractivity contribution in [1.82, 2.24) is 0 Å². The Morgan fingerprint density at radius 2 is 1.57 bits per heavy atom. The van der Waals surface area contributed by atoms with Crippen LogP contribution in [0, 0.1) is 0 Å². The van der Waals surface area contributed by atoms with Gasteiger partial charge in [0.2, 0.25) is 6.04 Å². The van der Waals surface area contributed by atoms with Gasteiger partial charge in [-0.05, 0) is 44.2 Å². The van der Waals surface area contributed by atoms with Crippen LogP contribution in [0.4, 0.5) is 5.69 Å². The van der Waals surface area contributed by atoms with Gasteiger partial charge >= 0.3 is 0 Å². The van der Waals surface area contributed by atoms with Crippen LogP contribution >= 0.6 is 0 Å². The average Bonchev–Trinajstić information content (AvgIpc) is 2.54. The molecule has 0 spiro atoms. The molecule has 1 atom stereocenters. The van der Waals surface area contributed by atoms with Crippen LogP contribution in [0.15, 0.2) is 48.8 Å². The van der Waals surface area contributed by atoms with E-state index in [1.807, 2.05) is 0 Å². The van der Waals surface area contributed by atoms with Gasteiger partial charge in [0.05, 0.1) is 5.56 Å². The lowest BCUT2D eigenvalue weighted by Gasteiger charge is -2.09. The molecule has 2 aromatic rings. The van der Waals surface area contributed by atoms with Crippen LogP contribution in [-0.2, 0) is 4.79 Å². The van der Waals surface area contributed by atoms with Crippen molar-refractivity contribution in [1.29, 1.82) is 0 Å². The van der Waals surface area contributed by atoms with Crippen molar-refractivity contribution in [3.8, 4) is 0 Å². The highest BCUT2D eigenvalue weighted by Gasteiger charge is 2.22. The first-order valence-electron chi connectivity index (χ1n) is 7.32. The minimum Gasteiger partial charge on any atom is -0.320 e. The number of benzene rings is 1. The summed E-state index contributed by atoms with van der Waals surface area (Å²) in [6.07, 6.45) is 3.40. The first kappa shape index (κ1) is 16.5. The van der Waals surface area contributed by atoms with E-state index in [9.17, 15) is 14.4 Å². The molecule has 23 heavy (non-hydrogen) atoms. The fourth-order valence-corrected chi connectivity index (χ4v) is 2.11. The highest BCUT2D eigenvalue weighted by Crippen LogP contribution is 2.11. The number of ketones is 2. The lowest BCUT2D eigenvalue weighted by molar-refractivity contribution is -0.705. The fourth-order valence-electron chi connectivity index (χ4n) is 2.11. The highest BCUT2D eigenvalue weighted by molar-refractivity contribution is 5.96. The number of Topliss-reactive ketones (excluding diaryl/α,β-unsaturated/α-hetero) is 2. The zero-order valence-electron chi connectivity index (χ0n) is 13.4. The molecule has 1 amide bonds. The smallest absolute Gasteiger partial charge is 0.293 e. The molecule has 2 rings (SSSR count). The minimum absolute atomic E-state index is 0.0205. The van der Waals surface area contributed by atoms with E-state index in [4.69, 9.17) is 0 Å². The van der Waals surface area contributed by atoms with Gasteiger partial charge in [-0.1, -0.05) is 0 Å². The number of carbonyl (C=O) groups excluding carboxylic acids is 3. The molecule has 0 radical (unpaired) electrons. The van der Waals surface area contributed by atoms with Gasteiger partial charge in [0.15, 0.2) is 24.0 Å². The van der Waals surface area contributed by atoms with Gasteiger partial charge in [-0.2, -0.15) is 4.57 Å². The summed E-state index contributed by atoms with van der Waals surface area (Å²) in [5.41, 5.74) is 1.77. The maximum atomic E-state index is 12.3. The molecule has 0 aliphatic carbocycles. The number of nitrogens with zero attached hydrogens (tertiary/aromatic N) is 1. The number of anilines is 1. The van der Waals surface area contributed by atoms with Crippen molar-refractivity contribution in [2.24, 2.45) is 0 Å². The highest BCUT2D eigenvalue weighted by atomic mass is 16.2. The Morgan fingerprint density at radius 1 is 0.957 bits per heavy atom. The molecule has 1 aromatic heterocycles. The summed E-state index contributed by atoms with van der Waals surface area (Å²) in [7, 11) is 0. The Morgan fingerprint density at radius 3 is 2.13 bits per heavy atom. The molecule has 5 nitrogen and oxygen atoms in total. The maximum absolute atomic E-state index is 12.3. The second kappa shape index (κ2) is 6.96. The number of pyridine rings is 1. The van der Waals surface area contributed by atoms with Crippen molar-refractivity contribution < 1.29 is 19.0 Å². The molecule has 118 valence electrons. The molecule has 1 aromatic carbocycles. The number of carbonyl (C=O) groups is 3. The quantitative estimate of drug-likeness (QED) is 0.681. The third-order valence-corrected chi connectivity index (χ3v) is 3.61. The second-order valence-corrected chi connectivity index (χ2v) is 5.39. The molecule has 5 heteroatoms.